The van der Waals surface area contributed by atoms with Crippen molar-refractivity contribution in [3.8, 4) is 5.69 Å². The van der Waals surface area contributed by atoms with Crippen LogP contribution in [0, 0.1) is 0 Å². The molecule has 1 amide bonds. The molecule has 3 aromatic carbocycles. The van der Waals surface area contributed by atoms with Crippen molar-refractivity contribution in [1.82, 2.24) is 4.57 Å². The van der Waals surface area contributed by atoms with Crippen LogP contribution in [0.5, 0.6) is 0 Å². The number of halogens is 1. The van der Waals surface area contributed by atoms with Gasteiger partial charge in [0.25, 0.3) is 5.91 Å². The summed E-state index contributed by atoms with van der Waals surface area (Å²) in [6, 6.07) is 25.7. The van der Waals surface area contributed by atoms with Gasteiger partial charge in [-0.1, -0.05) is 66.2 Å². The molecule has 0 spiro atoms. The summed E-state index contributed by atoms with van der Waals surface area (Å²) in [4.78, 5) is 12.5. The minimum Gasteiger partial charge on any atom is -0.321 e. The third kappa shape index (κ3) is 2.47. The summed E-state index contributed by atoms with van der Waals surface area (Å²) in [5.41, 5.74) is 5.19. The highest BCUT2D eigenvalue weighted by Crippen LogP contribution is 2.38. The van der Waals surface area contributed by atoms with Gasteiger partial charge < -0.3 is 5.32 Å². The Bertz CT molecular complexity index is 1220. The van der Waals surface area contributed by atoms with Gasteiger partial charge in [0.05, 0.1) is 5.52 Å². The minimum atomic E-state index is -0.108. The highest BCUT2D eigenvalue weighted by molar-refractivity contribution is 6.38. The molecule has 0 saturated carbocycles. The molecule has 1 aliphatic heterocycles. The summed E-state index contributed by atoms with van der Waals surface area (Å²) in [6.07, 6.45) is 1.89. The standard InChI is InChI=1S/C23H15ClN2O/c24-22-18(14-19-16-10-4-6-12-20(16)25-23(19)27)17-11-5-7-13-21(17)26(22)15-8-2-1-3-9-15/h1-14H,(H,25,27)/b19-14+. The lowest BCUT2D eigenvalue weighted by molar-refractivity contribution is -0.110. The molecule has 1 aromatic heterocycles. The number of rotatable bonds is 2. The molecular weight excluding hydrogens is 356 g/mol. The molecular formula is C23H15ClN2O. The van der Waals surface area contributed by atoms with E-state index in [4.69, 9.17) is 11.6 Å². The van der Waals surface area contributed by atoms with Crippen molar-refractivity contribution in [1.29, 1.82) is 0 Å². The lowest BCUT2D eigenvalue weighted by Gasteiger charge is -2.06. The number of hydrogen-bond acceptors (Lipinski definition) is 1. The number of nitrogens with one attached hydrogen (secondary N) is 1. The average Bonchev–Trinajstić information content (AvgIpc) is 3.17. The van der Waals surface area contributed by atoms with E-state index in [-0.39, 0.29) is 5.91 Å². The molecule has 5 rings (SSSR count). The molecule has 0 bridgehead atoms. The van der Waals surface area contributed by atoms with Crippen molar-refractivity contribution in [2.45, 2.75) is 0 Å². The van der Waals surface area contributed by atoms with Crippen LogP contribution in [0.25, 0.3) is 28.2 Å². The van der Waals surface area contributed by atoms with Gasteiger partial charge in [0.2, 0.25) is 0 Å². The first-order valence-electron chi connectivity index (χ1n) is 8.71. The van der Waals surface area contributed by atoms with E-state index in [0.717, 1.165) is 33.4 Å². The van der Waals surface area contributed by atoms with E-state index in [9.17, 15) is 4.79 Å². The lowest BCUT2D eigenvalue weighted by Crippen LogP contribution is -2.03. The summed E-state index contributed by atoms with van der Waals surface area (Å²) in [5.74, 6) is -0.108. The van der Waals surface area contributed by atoms with Crippen LogP contribution in [0.4, 0.5) is 5.69 Å². The van der Waals surface area contributed by atoms with E-state index < -0.39 is 0 Å². The number of carbonyl (C=O) groups excluding carboxylic acids is 1. The molecule has 4 heteroatoms. The van der Waals surface area contributed by atoms with Crippen LogP contribution >= 0.6 is 11.6 Å². The smallest absolute Gasteiger partial charge is 0.256 e. The van der Waals surface area contributed by atoms with Crippen molar-refractivity contribution >= 4 is 45.7 Å². The Balaban J connectivity index is 1.79. The normalized spacial score (nSPS) is 14.6. The zero-order chi connectivity index (χ0) is 18.4. The molecule has 0 aliphatic carbocycles. The van der Waals surface area contributed by atoms with E-state index in [0.29, 0.717) is 10.7 Å². The molecule has 1 aliphatic rings. The van der Waals surface area contributed by atoms with E-state index in [1.165, 1.54) is 0 Å². The second kappa shape index (κ2) is 6.15. The predicted octanol–water partition coefficient (Wildman–Crippen LogP) is 5.78. The first-order chi connectivity index (χ1) is 13.2. The van der Waals surface area contributed by atoms with Crippen molar-refractivity contribution in [3.05, 3.63) is 95.1 Å². The molecule has 0 fully saturated rings. The fourth-order valence-corrected chi connectivity index (χ4v) is 3.97. The maximum atomic E-state index is 12.5. The Morgan fingerprint density at radius 1 is 0.852 bits per heavy atom. The number of anilines is 1. The van der Waals surface area contributed by atoms with Gasteiger partial charge in [0.15, 0.2) is 0 Å². The summed E-state index contributed by atoms with van der Waals surface area (Å²) in [6.45, 7) is 0. The number of amides is 1. The number of fused-ring (bicyclic) bond motifs is 2. The topological polar surface area (TPSA) is 34.0 Å². The van der Waals surface area contributed by atoms with Gasteiger partial charge in [0.1, 0.15) is 5.15 Å². The van der Waals surface area contributed by atoms with Crippen LogP contribution in [0.2, 0.25) is 5.15 Å². The lowest BCUT2D eigenvalue weighted by atomic mass is 10.0. The van der Waals surface area contributed by atoms with E-state index >= 15 is 0 Å². The van der Waals surface area contributed by atoms with Crippen molar-refractivity contribution in [3.63, 3.8) is 0 Å². The van der Waals surface area contributed by atoms with Gasteiger partial charge in [-0.05, 0) is 30.3 Å². The van der Waals surface area contributed by atoms with Crippen LogP contribution in [0.3, 0.4) is 0 Å². The number of carbonyl (C=O) groups is 1. The summed E-state index contributed by atoms with van der Waals surface area (Å²) in [7, 11) is 0. The number of aromatic nitrogens is 1. The molecule has 0 unspecified atom stereocenters. The van der Waals surface area contributed by atoms with Crippen LogP contribution in [-0.2, 0) is 4.79 Å². The van der Waals surface area contributed by atoms with Crippen molar-refractivity contribution in [2.24, 2.45) is 0 Å². The second-order valence-corrected chi connectivity index (χ2v) is 6.81. The zero-order valence-corrected chi connectivity index (χ0v) is 15.1. The molecule has 0 saturated heterocycles. The number of benzene rings is 3. The molecule has 130 valence electrons. The Morgan fingerprint density at radius 2 is 1.56 bits per heavy atom. The van der Waals surface area contributed by atoms with E-state index in [2.05, 4.69) is 5.32 Å². The van der Waals surface area contributed by atoms with Crippen LogP contribution in [0.15, 0.2) is 78.9 Å². The minimum absolute atomic E-state index is 0.108. The third-order valence-electron chi connectivity index (χ3n) is 4.87. The summed E-state index contributed by atoms with van der Waals surface area (Å²) >= 11 is 6.83. The predicted molar refractivity (Wildman–Crippen MR) is 111 cm³/mol. The highest BCUT2D eigenvalue weighted by atomic mass is 35.5. The quantitative estimate of drug-likeness (QED) is 0.446. The van der Waals surface area contributed by atoms with Gasteiger partial charge in [-0.3, -0.25) is 9.36 Å². The Hall–Kier alpha value is -3.30. The zero-order valence-electron chi connectivity index (χ0n) is 14.3. The first kappa shape index (κ1) is 15.9. The summed E-state index contributed by atoms with van der Waals surface area (Å²) in [5, 5.41) is 4.52. The average molecular weight is 371 g/mol. The Labute approximate surface area is 161 Å². The highest BCUT2D eigenvalue weighted by Gasteiger charge is 2.25. The SMILES string of the molecule is O=C1Nc2ccccc2/C1=C\c1c(Cl)n(-c2ccccc2)c2ccccc12. The number of nitrogens with zero attached hydrogens (tertiary/aromatic N) is 1. The molecule has 0 atom stereocenters. The second-order valence-electron chi connectivity index (χ2n) is 6.45. The Kier molecular flexibility index (Phi) is 3.62. The van der Waals surface area contributed by atoms with Gasteiger partial charge in [-0.25, -0.2) is 0 Å². The molecule has 1 N–H and O–H groups in total. The molecule has 27 heavy (non-hydrogen) atoms. The number of para-hydroxylation sites is 3. The van der Waals surface area contributed by atoms with Gasteiger partial charge in [-0.15, -0.1) is 0 Å². The largest absolute Gasteiger partial charge is 0.321 e. The maximum absolute atomic E-state index is 12.5. The van der Waals surface area contributed by atoms with Crippen LogP contribution < -0.4 is 5.32 Å². The van der Waals surface area contributed by atoms with E-state index in [1.54, 1.807) is 0 Å². The number of hydrogen-bond donors (Lipinski definition) is 1. The third-order valence-corrected chi connectivity index (χ3v) is 5.24. The van der Waals surface area contributed by atoms with Crippen LogP contribution in [-0.4, -0.2) is 10.5 Å². The fourth-order valence-electron chi connectivity index (χ4n) is 3.63. The van der Waals surface area contributed by atoms with Gasteiger partial charge in [-0.2, -0.15) is 0 Å². The monoisotopic (exact) mass is 370 g/mol. The Morgan fingerprint density at radius 3 is 2.41 bits per heavy atom. The van der Waals surface area contributed by atoms with Crippen LogP contribution in [0.1, 0.15) is 11.1 Å². The maximum Gasteiger partial charge on any atom is 0.256 e. The molecule has 2 heterocycles. The summed E-state index contributed by atoms with van der Waals surface area (Å²) < 4.78 is 2.02. The molecule has 3 nitrogen and oxygen atoms in total. The van der Waals surface area contributed by atoms with Crippen molar-refractivity contribution < 1.29 is 4.79 Å². The van der Waals surface area contributed by atoms with Gasteiger partial charge in [0, 0.05) is 33.5 Å². The molecule has 4 aromatic rings. The first-order valence-corrected chi connectivity index (χ1v) is 9.08. The van der Waals surface area contributed by atoms with E-state index in [1.807, 2.05) is 89.5 Å². The fraction of sp³-hybridized carbons (Fsp3) is 0. The van der Waals surface area contributed by atoms with Gasteiger partial charge >= 0.3 is 0 Å². The molecule has 0 radical (unpaired) electrons. The van der Waals surface area contributed by atoms with Crippen molar-refractivity contribution in [2.75, 3.05) is 5.32 Å².